The molecule has 1 aliphatic heterocycles. The van der Waals surface area contributed by atoms with Crippen molar-refractivity contribution in [1.29, 1.82) is 0 Å². The normalized spacial score (nSPS) is 16.9. The van der Waals surface area contributed by atoms with Crippen LogP contribution in [0.3, 0.4) is 0 Å². The minimum absolute atomic E-state index is 0.0362. The lowest BCUT2D eigenvalue weighted by molar-refractivity contribution is -0.135. The molecule has 2 amide bonds. The lowest BCUT2D eigenvalue weighted by atomic mass is 10.0. The predicted molar refractivity (Wildman–Crippen MR) is 78.9 cm³/mol. The summed E-state index contributed by atoms with van der Waals surface area (Å²) in [6.45, 7) is 1.97. The zero-order valence-electron chi connectivity index (χ0n) is 12.4. The Morgan fingerprint density at radius 2 is 2.00 bits per heavy atom. The van der Waals surface area contributed by atoms with Crippen LogP contribution in [-0.4, -0.2) is 49.2 Å². The number of carbonyl (C=O) groups excluding carboxylic acids is 2. The van der Waals surface area contributed by atoms with Crippen molar-refractivity contribution in [3.05, 3.63) is 35.4 Å². The highest BCUT2D eigenvalue weighted by Gasteiger charge is 2.29. The first-order valence-corrected chi connectivity index (χ1v) is 6.75. The Morgan fingerprint density at radius 1 is 1.33 bits per heavy atom. The van der Waals surface area contributed by atoms with Gasteiger partial charge in [0.1, 0.15) is 0 Å². The molecule has 21 heavy (non-hydrogen) atoms. The fraction of sp³-hybridized carbons (Fsp3) is 0.400. The third kappa shape index (κ3) is 3.81. The third-order valence-electron chi connectivity index (χ3n) is 3.26. The highest BCUT2D eigenvalue weighted by molar-refractivity contribution is 6.04. The van der Waals surface area contributed by atoms with Gasteiger partial charge in [-0.1, -0.05) is 35.0 Å². The topological polar surface area (TPSA) is 71.0 Å². The summed E-state index contributed by atoms with van der Waals surface area (Å²) in [5.74, 6) is -0.489. The van der Waals surface area contributed by atoms with Gasteiger partial charge in [-0.05, 0) is 12.5 Å². The van der Waals surface area contributed by atoms with E-state index in [2.05, 4.69) is 10.5 Å². The number of oxime groups is 1. The van der Waals surface area contributed by atoms with E-state index in [0.717, 1.165) is 16.8 Å². The molecule has 1 aromatic rings. The summed E-state index contributed by atoms with van der Waals surface area (Å²) in [4.78, 5) is 29.9. The molecule has 1 unspecified atom stereocenters. The molecule has 112 valence electrons. The number of nitrogens with one attached hydrogen (secondary N) is 1. The van der Waals surface area contributed by atoms with Crippen LogP contribution in [-0.2, 0) is 14.4 Å². The maximum Gasteiger partial charge on any atom is 0.264 e. The van der Waals surface area contributed by atoms with Gasteiger partial charge in [0.2, 0.25) is 12.0 Å². The summed E-state index contributed by atoms with van der Waals surface area (Å²) >= 11 is 0. The van der Waals surface area contributed by atoms with Crippen LogP contribution in [0.15, 0.2) is 29.4 Å². The molecule has 0 fully saturated rings. The number of amides is 2. The molecular weight excluding hydrogens is 270 g/mol. The van der Waals surface area contributed by atoms with E-state index >= 15 is 0 Å². The van der Waals surface area contributed by atoms with Gasteiger partial charge >= 0.3 is 0 Å². The Morgan fingerprint density at radius 3 is 2.62 bits per heavy atom. The Labute approximate surface area is 123 Å². The minimum atomic E-state index is -0.670. The lowest BCUT2D eigenvalue weighted by Crippen LogP contribution is -2.41. The van der Waals surface area contributed by atoms with Crippen molar-refractivity contribution >= 4 is 17.5 Å². The highest BCUT2D eigenvalue weighted by atomic mass is 16.6. The van der Waals surface area contributed by atoms with Crippen molar-refractivity contribution in [2.45, 2.75) is 19.4 Å². The second-order valence-electron chi connectivity index (χ2n) is 5.21. The van der Waals surface area contributed by atoms with Crippen molar-refractivity contribution in [3.63, 3.8) is 0 Å². The number of hydrogen-bond donors (Lipinski definition) is 1. The van der Waals surface area contributed by atoms with Gasteiger partial charge in [-0.3, -0.25) is 9.59 Å². The number of benzene rings is 1. The van der Waals surface area contributed by atoms with Gasteiger partial charge in [-0.15, -0.1) is 0 Å². The number of rotatable bonds is 4. The molecule has 0 bridgehead atoms. The van der Waals surface area contributed by atoms with Gasteiger partial charge in [0, 0.05) is 20.5 Å². The highest BCUT2D eigenvalue weighted by Crippen LogP contribution is 2.17. The zero-order valence-corrected chi connectivity index (χ0v) is 12.4. The molecule has 0 spiro atoms. The quantitative estimate of drug-likeness (QED) is 0.886. The molecule has 1 aliphatic rings. The summed E-state index contributed by atoms with van der Waals surface area (Å²) in [7, 11) is 3.28. The molecule has 0 saturated heterocycles. The summed E-state index contributed by atoms with van der Waals surface area (Å²) in [5, 5.41) is 6.52. The zero-order chi connectivity index (χ0) is 15.4. The van der Waals surface area contributed by atoms with E-state index in [-0.39, 0.29) is 18.4 Å². The summed E-state index contributed by atoms with van der Waals surface area (Å²) < 4.78 is 0. The van der Waals surface area contributed by atoms with Gasteiger partial charge in [0.05, 0.1) is 12.3 Å². The summed E-state index contributed by atoms with van der Waals surface area (Å²) in [6, 6.07) is 7.88. The molecule has 6 nitrogen and oxygen atoms in total. The van der Waals surface area contributed by atoms with Crippen LogP contribution in [0.5, 0.6) is 0 Å². The average molecular weight is 289 g/mol. The van der Waals surface area contributed by atoms with Crippen LogP contribution in [0.25, 0.3) is 0 Å². The van der Waals surface area contributed by atoms with Crippen LogP contribution in [0.2, 0.25) is 0 Å². The van der Waals surface area contributed by atoms with E-state index in [0.29, 0.717) is 6.42 Å². The number of hydrogen-bond acceptors (Lipinski definition) is 4. The summed E-state index contributed by atoms with van der Waals surface area (Å²) in [6.07, 6.45) is -0.262. The second-order valence-corrected chi connectivity index (χ2v) is 5.21. The van der Waals surface area contributed by atoms with Crippen LogP contribution < -0.4 is 5.32 Å². The Bertz CT molecular complexity index is 564. The van der Waals surface area contributed by atoms with Crippen molar-refractivity contribution in [2.24, 2.45) is 5.16 Å². The predicted octanol–water partition coefficient (Wildman–Crippen LogP) is 0.692. The van der Waals surface area contributed by atoms with Gasteiger partial charge in [0.15, 0.2) is 0 Å². The molecule has 1 aromatic carbocycles. The fourth-order valence-electron chi connectivity index (χ4n) is 1.87. The van der Waals surface area contributed by atoms with E-state index < -0.39 is 6.10 Å². The molecule has 1 atom stereocenters. The first kappa shape index (κ1) is 15.0. The third-order valence-corrected chi connectivity index (χ3v) is 3.26. The molecule has 0 saturated carbocycles. The molecule has 0 radical (unpaired) electrons. The maximum absolute atomic E-state index is 11.9. The smallest absolute Gasteiger partial charge is 0.264 e. The fourth-order valence-corrected chi connectivity index (χ4v) is 1.87. The van der Waals surface area contributed by atoms with E-state index in [1.807, 2.05) is 31.2 Å². The standard InChI is InChI=1S/C15H19N3O3/c1-10-4-6-11(7-5-10)12-8-13(21-17-12)15(20)16-9-14(19)18(2)3/h4-7,13H,8-9H2,1-3H3,(H,16,20). The number of carbonyl (C=O) groups is 2. The van der Waals surface area contributed by atoms with Crippen LogP contribution in [0.1, 0.15) is 17.5 Å². The van der Waals surface area contributed by atoms with Crippen molar-refractivity contribution in [2.75, 3.05) is 20.6 Å². The van der Waals surface area contributed by atoms with Gasteiger partial charge in [0.25, 0.3) is 5.91 Å². The summed E-state index contributed by atoms with van der Waals surface area (Å²) in [5.41, 5.74) is 2.85. The minimum Gasteiger partial charge on any atom is -0.382 e. The molecule has 0 aliphatic carbocycles. The number of nitrogens with zero attached hydrogens (tertiary/aromatic N) is 2. The molecule has 1 N–H and O–H groups in total. The second kappa shape index (κ2) is 6.39. The van der Waals surface area contributed by atoms with E-state index in [1.54, 1.807) is 14.1 Å². The van der Waals surface area contributed by atoms with Gasteiger partial charge in [-0.2, -0.15) is 0 Å². The molecular formula is C15H19N3O3. The molecule has 1 heterocycles. The van der Waals surface area contributed by atoms with Crippen LogP contribution in [0, 0.1) is 6.92 Å². The van der Waals surface area contributed by atoms with Crippen LogP contribution in [0.4, 0.5) is 0 Å². The Kier molecular flexibility index (Phi) is 4.57. The van der Waals surface area contributed by atoms with E-state index in [4.69, 9.17) is 4.84 Å². The van der Waals surface area contributed by atoms with Gasteiger partial charge < -0.3 is 15.1 Å². The van der Waals surface area contributed by atoms with Crippen molar-refractivity contribution in [1.82, 2.24) is 10.2 Å². The Balaban J connectivity index is 1.87. The van der Waals surface area contributed by atoms with E-state index in [9.17, 15) is 9.59 Å². The van der Waals surface area contributed by atoms with Gasteiger partial charge in [-0.25, -0.2) is 0 Å². The van der Waals surface area contributed by atoms with Crippen molar-refractivity contribution in [3.8, 4) is 0 Å². The van der Waals surface area contributed by atoms with Crippen LogP contribution >= 0.6 is 0 Å². The number of aryl methyl sites for hydroxylation is 1. The molecule has 2 rings (SSSR count). The molecule has 6 heteroatoms. The van der Waals surface area contributed by atoms with E-state index in [1.165, 1.54) is 4.90 Å². The number of likely N-dealkylation sites (N-methyl/N-ethyl adjacent to an activating group) is 1. The average Bonchev–Trinajstić information content (AvgIpc) is 2.94. The maximum atomic E-state index is 11.9. The lowest BCUT2D eigenvalue weighted by Gasteiger charge is -2.12. The Hall–Kier alpha value is -2.37. The first-order chi connectivity index (χ1) is 9.97. The first-order valence-electron chi connectivity index (χ1n) is 6.75. The monoisotopic (exact) mass is 289 g/mol. The van der Waals surface area contributed by atoms with Crippen molar-refractivity contribution < 1.29 is 14.4 Å². The molecule has 0 aromatic heterocycles. The SMILES string of the molecule is Cc1ccc(C2=NOC(C(=O)NCC(=O)N(C)C)C2)cc1. The largest absolute Gasteiger partial charge is 0.382 e.